The molecule has 2 nitrogen and oxygen atoms in total. The summed E-state index contributed by atoms with van der Waals surface area (Å²) < 4.78 is 0. The van der Waals surface area contributed by atoms with Crippen LogP contribution in [0.2, 0.25) is 0 Å². The zero-order valence-corrected chi connectivity index (χ0v) is 8.02. The van der Waals surface area contributed by atoms with E-state index >= 15 is 0 Å². The van der Waals surface area contributed by atoms with Crippen LogP contribution in [0.15, 0.2) is 30.3 Å². The molecule has 1 fully saturated rings. The number of benzene rings is 1. The van der Waals surface area contributed by atoms with Gasteiger partial charge in [0.2, 0.25) is 0 Å². The highest BCUT2D eigenvalue weighted by atomic mass is 16.3. The molecule has 0 spiro atoms. The molecule has 0 amide bonds. The third-order valence-electron chi connectivity index (χ3n) is 2.88. The Morgan fingerprint density at radius 1 is 1.21 bits per heavy atom. The first-order valence-electron chi connectivity index (χ1n) is 5.05. The van der Waals surface area contributed by atoms with Gasteiger partial charge in [-0.2, -0.15) is 0 Å². The molecule has 0 heterocycles. The Balaban J connectivity index is 2.22. The van der Waals surface area contributed by atoms with E-state index < -0.39 is 6.10 Å². The zero-order valence-electron chi connectivity index (χ0n) is 8.02. The molecular weight excluding hydrogens is 176 g/mol. The molecule has 0 aliphatic heterocycles. The van der Waals surface area contributed by atoms with Crippen molar-refractivity contribution >= 4 is 5.78 Å². The van der Waals surface area contributed by atoms with Crippen molar-refractivity contribution < 1.29 is 9.90 Å². The van der Waals surface area contributed by atoms with Gasteiger partial charge in [0.25, 0.3) is 0 Å². The fourth-order valence-electron chi connectivity index (χ4n) is 2.08. The lowest BCUT2D eigenvalue weighted by Crippen LogP contribution is -2.31. The number of hydrogen-bond donors (Lipinski definition) is 1. The molecule has 2 rings (SSSR count). The number of aliphatic hydroxyl groups excluding tert-OH is 1. The first-order chi connectivity index (χ1) is 6.79. The van der Waals surface area contributed by atoms with Crippen molar-refractivity contribution in [2.24, 2.45) is 0 Å². The molecule has 1 aliphatic rings. The summed E-state index contributed by atoms with van der Waals surface area (Å²) in [6, 6.07) is 9.79. The SMILES string of the molecule is O=C1CCCC(c2ccccc2)C1O. The Kier molecular flexibility index (Phi) is 2.64. The second kappa shape index (κ2) is 3.93. The van der Waals surface area contributed by atoms with Gasteiger partial charge in [-0.3, -0.25) is 4.79 Å². The van der Waals surface area contributed by atoms with Crippen molar-refractivity contribution in [3.05, 3.63) is 35.9 Å². The number of ketones is 1. The third-order valence-corrected chi connectivity index (χ3v) is 2.88. The van der Waals surface area contributed by atoms with Crippen molar-refractivity contribution in [2.75, 3.05) is 0 Å². The molecule has 2 heteroatoms. The van der Waals surface area contributed by atoms with Gasteiger partial charge in [-0.05, 0) is 18.4 Å². The van der Waals surface area contributed by atoms with Crippen LogP contribution in [0.1, 0.15) is 30.7 Å². The zero-order chi connectivity index (χ0) is 9.97. The Bertz CT molecular complexity index is 318. The van der Waals surface area contributed by atoms with E-state index in [1.165, 1.54) is 0 Å². The van der Waals surface area contributed by atoms with Crippen LogP contribution in [0, 0.1) is 0 Å². The summed E-state index contributed by atoms with van der Waals surface area (Å²) in [6.07, 6.45) is 1.56. The maximum absolute atomic E-state index is 11.3. The maximum atomic E-state index is 11.3. The summed E-state index contributed by atoms with van der Waals surface area (Å²) in [5, 5.41) is 9.74. The summed E-state index contributed by atoms with van der Waals surface area (Å²) >= 11 is 0. The lowest BCUT2D eigenvalue weighted by atomic mass is 9.81. The first-order valence-corrected chi connectivity index (χ1v) is 5.05. The summed E-state index contributed by atoms with van der Waals surface area (Å²) in [5.41, 5.74) is 1.08. The van der Waals surface area contributed by atoms with E-state index in [2.05, 4.69) is 0 Å². The molecule has 74 valence electrons. The number of carbonyl (C=O) groups is 1. The summed E-state index contributed by atoms with van der Waals surface area (Å²) in [4.78, 5) is 11.3. The van der Waals surface area contributed by atoms with Crippen LogP contribution in [0.4, 0.5) is 0 Å². The van der Waals surface area contributed by atoms with Crippen LogP contribution in [-0.2, 0) is 4.79 Å². The topological polar surface area (TPSA) is 37.3 Å². The monoisotopic (exact) mass is 190 g/mol. The number of carbonyl (C=O) groups excluding carboxylic acids is 1. The molecule has 2 atom stereocenters. The van der Waals surface area contributed by atoms with Gasteiger partial charge in [0.05, 0.1) is 0 Å². The average molecular weight is 190 g/mol. The number of aliphatic hydroxyl groups is 1. The Hall–Kier alpha value is -1.15. The number of Topliss-reactive ketones (excluding diaryl/α,β-unsaturated/α-hetero) is 1. The summed E-state index contributed by atoms with van der Waals surface area (Å²) in [5.74, 6) is 0.00236. The normalized spacial score (nSPS) is 27.6. The highest BCUT2D eigenvalue weighted by Crippen LogP contribution is 2.30. The van der Waals surface area contributed by atoms with Crippen molar-refractivity contribution in [1.82, 2.24) is 0 Å². The Morgan fingerprint density at radius 2 is 1.93 bits per heavy atom. The van der Waals surface area contributed by atoms with Crippen molar-refractivity contribution in [3.8, 4) is 0 Å². The molecular formula is C12H14O2. The molecule has 1 saturated carbocycles. The minimum Gasteiger partial charge on any atom is -0.385 e. The van der Waals surface area contributed by atoms with Gasteiger partial charge in [-0.15, -0.1) is 0 Å². The average Bonchev–Trinajstić information content (AvgIpc) is 2.23. The van der Waals surface area contributed by atoms with Gasteiger partial charge in [-0.25, -0.2) is 0 Å². The standard InChI is InChI=1S/C12H14O2/c13-11-8-4-7-10(12(11)14)9-5-2-1-3-6-9/h1-3,5-6,10,12,14H,4,7-8H2. The molecule has 1 aromatic carbocycles. The summed E-state index contributed by atoms with van der Waals surface area (Å²) in [6.45, 7) is 0. The van der Waals surface area contributed by atoms with Gasteiger partial charge in [0.1, 0.15) is 6.10 Å². The smallest absolute Gasteiger partial charge is 0.161 e. The molecule has 2 unspecified atom stereocenters. The van der Waals surface area contributed by atoms with E-state index in [1.807, 2.05) is 30.3 Å². The molecule has 0 aromatic heterocycles. The predicted molar refractivity (Wildman–Crippen MR) is 54.0 cm³/mol. The highest BCUT2D eigenvalue weighted by Gasteiger charge is 2.30. The van der Waals surface area contributed by atoms with Crippen LogP contribution in [0.25, 0.3) is 0 Å². The van der Waals surface area contributed by atoms with E-state index in [-0.39, 0.29) is 11.7 Å². The fourth-order valence-corrected chi connectivity index (χ4v) is 2.08. The van der Waals surface area contributed by atoms with E-state index in [9.17, 15) is 9.90 Å². The van der Waals surface area contributed by atoms with Crippen molar-refractivity contribution in [1.29, 1.82) is 0 Å². The van der Waals surface area contributed by atoms with Crippen molar-refractivity contribution in [2.45, 2.75) is 31.3 Å². The predicted octanol–water partition coefficient (Wildman–Crippen LogP) is 1.88. The minimum atomic E-state index is -0.786. The Morgan fingerprint density at radius 3 is 2.64 bits per heavy atom. The largest absolute Gasteiger partial charge is 0.385 e. The lowest BCUT2D eigenvalue weighted by Gasteiger charge is -2.26. The van der Waals surface area contributed by atoms with E-state index in [4.69, 9.17) is 0 Å². The van der Waals surface area contributed by atoms with E-state index in [0.29, 0.717) is 6.42 Å². The van der Waals surface area contributed by atoms with Crippen LogP contribution in [0.5, 0.6) is 0 Å². The van der Waals surface area contributed by atoms with Gasteiger partial charge in [0, 0.05) is 12.3 Å². The molecule has 0 saturated heterocycles. The van der Waals surface area contributed by atoms with Crippen LogP contribution >= 0.6 is 0 Å². The molecule has 1 N–H and O–H groups in total. The first kappa shape index (κ1) is 9.41. The molecule has 1 aromatic rings. The molecule has 0 radical (unpaired) electrons. The molecule has 1 aliphatic carbocycles. The van der Waals surface area contributed by atoms with Crippen LogP contribution in [-0.4, -0.2) is 17.0 Å². The van der Waals surface area contributed by atoms with E-state index in [1.54, 1.807) is 0 Å². The second-order valence-electron chi connectivity index (χ2n) is 3.82. The number of rotatable bonds is 1. The quantitative estimate of drug-likeness (QED) is 0.734. The Labute approximate surface area is 83.6 Å². The summed E-state index contributed by atoms with van der Waals surface area (Å²) in [7, 11) is 0. The maximum Gasteiger partial charge on any atom is 0.161 e. The molecule has 0 bridgehead atoms. The third kappa shape index (κ3) is 1.70. The highest BCUT2D eigenvalue weighted by molar-refractivity contribution is 5.84. The van der Waals surface area contributed by atoms with E-state index in [0.717, 1.165) is 18.4 Å². The van der Waals surface area contributed by atoms with Gasteiger partial charge in [0.15, 0.2) is 5.78 Å². The van der Waals surface area contributed by atoms with Crippen LogP contribution < -0.4 is 0 Å². The van der Waals surface area contributed by atoms with Gasteiger partial charge < -0.3 is 5.11 Å². The number of hydrogen-bond acceptors (Lipinski definition) is 2. The second-order valence-corrected chi connectivity index (χ2v) is 3.82. The van der Waals surface area contributed by atoms with Crippen molar-refractivity contribution in [3.63, 3.8) is 0 Å². The minimum absolute atomic E-state index is 0.00916. The van der Waals surface area contributed by atoms with Gasteiger partial charge in [-0.1, -0.05) is 30.3 Å². The van der Waals surface area contributed by atoms with Crippen LogP contribution in [0.3, 0.4) is 0 Å². The van der Waals surface area contributed by atoms with Gasteiger partial charge >= 0.3 is 0 Å². The molecule has 14 heavy (non-hydrogen) atoms. The lowest BCUT2D eigenvalue weighted by molar-refractivity contribution is -0.130. The fraction of sp³-hybridized carbons (Fsp3) is 0.417.